The van der Waals surface area contributed by atoms with E-state index in [9.17, 15) is 9.59 Å². The molecule has 0 fully saturated rings. The largest absolute Gasteiger partial charge is 0.467 e. The highest BCUT2D eigenvalue weighted by Crippen LogP contribution is 2.22. The smallest absolute Gasteiger partial charge is 0.262 e. The van der Waals surface area contributed by atoms with Gasteiger partial charge in [0, 0.05) is 18.1 Å². The molecule has 2 aromatic heterocycles. The molecule has 2 heterocycles. The van der Waals surface area contributed by atoms with Gasteiger partial charge >= 0.3 is 0 Å². The molecular formula is C24H22ClN3O3S. The second kappa shape index (κ2) is 10.1. The van der Waals surface area contributed by atoms with Crippen LogP contribution in [0.25, 0.3) is 10.9 Å². The number of hydrogen-bond donors (Lipinski definition) is 0. The van der Waals surface area contributed by atoms with Crippen molar-refractivity contribution in [1.29, 1.82) is 0 Å². The summed E-state index contributed by atoms with van der Waals surface area (Å²) in [6.07, 6.45) is 1.56. The maximum Gasteiger partial charge on any atom is 0.262 e. The Hall–Kier alpha value is -3.03. The second-order valence-electron chi connectivity index (χ2n) is 7.21. The Labute approximate surface area is 194 Å². The summed E-state index contributed by atoms with van der Waals surface area (Å²) in [7, 11) is 0. The number of aromatic nitrogens is 2. The van der Waals surface area contributed by atoms with Gasteiger partial charge in [-0.1, -0.05) is 53.7 Å². The van der Waals surface area contributed by atoms with Gasteiger partial charge in [0.15, 0.2) is 5.16 Å². The lowest BCUT2D eigenvalue weighted by Gasteiger charge is -2.21. The molecule has 0 spiro atoms. The van der Waals surface area contributed by atoms with E-state index in [1.54, 1.807) is 46.1 Å². The van der Waals surface area contributed by atoms with Crippen LogP contribution in [0.4, 0.5) is 0 Å². The normalized spacial score (nSPS) is 11.1. The van der Waals surface area contributed by atoms with E-state index in [-0.39, 0.29) is 23.8 Å². The summed E-state index contributed by atoms with van der Waals surface area (Å²) in [4.78, 5) is 32.6. The van der Waals surface area contributed by atoms with Crippen LogP contribution in [0, 0.1) is 0 Å². The zero-order valence-electron chi connectivity index (χ0n) is 17.5. The minimum absolute atomic E-state index is 0.0219. The van der Waals surface area contributed by atoms with E-state index >= 15 is 0 Å². The van der Waals surface area contributed by atoms with E-state index in [2.05, 4.69) is 4.98 Å². The number of thioether (sulfide) groups is 1. The topological polar surface area (TPSA) is 68.3 Å². The number of hydrogen-bond acceptors (Lipinski definition) is 5. The molecule has 1 amide bonds. The molecule has 0 aliphatic rings. The van der Waals surface area contributed by atoms with Gasteiger partial charge < -0.3 is 9.32 Å². The minimum atomic E-state index is -0.199. The summed E-state index contributed by atoms with van der Waals surface area (Å²) in [5, 5.41) is 1.42. The number of furan rings is 1. The number of carbonyl (C=O) groups is 1. The molecule has 0 saturated heterocycles. The van der Waals surface area contributed by atoms with E-state index in [0.29, 0.717) is 39.9 Å². The number of halogens is 1. The van der Waals surface area contributed by atoms with Gasteiger partial charge in [0.25, 0.3) is 5.56 Å². The van der Waals surface area contributed by atoms with Crippen molar-refractivity contribution < 1.29 is 9.21 Å². The van der Waals surface area contributed by atoms with Crippen molar-refractivity contribution in [3.63, 3.8) is 0 Å². The summed E-state index contributed by atoms with van der Waals surface area (Å²) in [5.74, 6) is 0.776. The lowest BCUT2D eigenvalue weighted by Crippen LogP contribution is -2.32. The first-order chi connectivity index (χ1) is 15.5. The average Bonchev–Trinajstić information content (AvgIpc) is 3.32. The number of rotatable bonds is 8. The third-order valence-corrected chi connectivity index (χ3v) is 6.25. The molecule has 8 heteroatoms. The van der Waals surface area contributed by atoms with E-state index in [1.807, 2.05) is 37.3 Å². The van der Waals surface area contributed by atoms with Gasteiger partial charge in [-0.3, -0.25) is 14.2 Å². The Morgan fingerprint density at radius 2 is 1.97 bits per heavy atom. The van der Waals surface area contributed by atoms with Gasteiger partial charge in [-0.15, -0.1) is 0 Å². The minimum Gasteiger partial charge on any atom is -0.467 e. The van der Waals surface area contributed by atoms with Gasteiger partial charge in [0.1, 0.15) is 5.76 Å². The molecule has 4 rings (SSSR count). The van der Waals surface area contributed by atoms with Crippen molar-refractivity contribution in [3.8, 4) is 0 Å². The van der Waals surface area contributed by atoms with Crippen LogP contribution in [0.1, 0.15) is 18.2 Å². The standard InChI is InChI=1S/C24H22ClN3O3S/c1-2-27(14-17-7-4-3-5-8-17)22(29)16-32-24-26-21-13-18(25)10-11-20(21)23(30)28(24)15-19-9-6-12-31-19/h3-13H,2,14-16H2,1H3. The summed E-state index contributed by atoms with van der Waals surface area (Å²) in [6.45, 7) is 3.31. The molecule has 2 aromatic carbocycles. The predicted molar refractivity (Wildman–Crippen MR) is 127 cm³/mol. The molecule has 0 atom stereocenters. The molecule has 164 valence electrons. The van der Waals surface area contributed by atoms with Crippen molar-refractivity contribution in [3.05, 3.63) is 93.6 Å². The van der Waals surface area contributed by atoms with E-state index in [1.165, 1.54) is 11.8 Å². The Bertz CT molecular complexity index is 1270. The Morgan fingerprint density at radius 1 is 1.16 bits per heavy atom. The fourth-order valence-electron chi connectivity index (χ4n) is 3.38. The van der Waals surface area contributed by atoms with Crippen LogP contribution in [0.2, 0.25) is 5.02 Å². The molecule has 0 bridgehead atoms. The molecule has 6 nitrogen and oxygen atoms in total. The van der Waals surface area contributed by atoms with E-state index < -0.39 is 0 Å². The van der Waals surface area contributed by atoms with Crippen molar-refractivity contribution >= 4 is 40.2 Å². The van der Waals surface area contributed by atoms with Gasteiger partial charge in [0.2, 0.25) is 5.91 Å². The number of amides is 1. The molecule has 4 aromatic rings. The molecule has 0 aliphatic carbocycles. The third kappa shape index (κ3) is 5.06. The van der Waals surface area contributed by atoms with Crippen LogP contribution in [0.5, 0.6) is 0 Å². The first kappa shape index (κ1) is 22.2. The monoisotopic (exact) mass is 467 g/mol. The SMILES string of the molecule is CCN(Cc1ccccc1)C(=O)CSc1nc2cc(Cl)ccc2c(=O)n1Cc1ccco1. The zero-order chi connectivity index (χ0) is 22.5. The van der Waals surface area contributed by atoms with Crippen LogP contribution in [-0.2, 0) is 17.9 Å². The maximum atomic E-state index is 13.2. The highest BCUT2D eigenvalue weighted by molar-refractivity contribution is 7.99. The Kier molecular flexibility index (Phi) is 6.97. The number of benzene rings is 2. The molecule has 32 heavy (non-hydrogen) atoms. The summed E-state index contributed by atoms with van der Waals surface area (Å²) in [5.41, 5.74) is 1.38. The molecule has 0 N–H and O–H groups in total. The molecule has 0 radical (unpaired) electrons. The highest BCUT2D eigenvalue weighted by Gasteiger charge is 2.17. The summed E-state index contributed by atoms with van der Waals surface area (Å²) >= 11 is 7.35. The lowest BCUT2D eigenvalue weighted by atomic mass is 10.2. The number of nitrogens with zero attached hydrogens (tertiary/aromatic N) is 3. The van der Waals surface area contributed by atoms with Crippen molar-refractivity contribution in [2.24, 2.45) is 0 Å². The first-order valence-electron chi connectivity index (χ1n) is 10.2. The van der Waals surface area contributed by atoms with E-state index in [0.717, 1.165) is 5.56 Å². The van der Waals surface area contributed by atoms with Gasteiger partial charge in [0.05, 0.1) is 29.5 Å². The molecule has 0 unspecified atom stereocenters. The molecule has 0 saturated carbocycles. The highest BCUT2D eigenvalue weighted by atomic mass is 35.5. The van der Waals surface area contributed by atoms with Gasteiger partial charge in [-0.05, 0) is 42.8 Å². The zero-order valence-corrected chi connectivity index (χ0v) is 19.1. The lowest BCUT2D eigenvalue weighted by molar-refractivity contribution is -0.128. The summed E-state index contributed by atoms with van der Waals surface area (Å²) < 4.78 is 6.98. The van der Waals surface area contributed by atoms with Crippen molar-refractivity contribution in [2.45, 2.75) is 25.2 Å². The van der Waals surface area contributed by atoms with Crippen LogP contribution < -0.4 is 5.56 Å². The number of fused-ring (bicyclic) bond motifs is 1. The quantitative estimate of drug-likeness (QED) is 0.274. The third-order valence-electron chi connectivity index (χ3n) is 5.05. The van der Waals surface area contributed by atoms with Crippen LogP contribution in [0.3, 0.4) is 0 Å². The Balaban J connectivity index is 1.60. The van der Waals surface area contributed by atoms with Crippen LogP contribution in [-0.4, -0.2) is 32.7 Å². The van der Waals surface area contributed by atoms with Gasteiger partial charge in [-0.25, -0.2) is 4.98 Å². The number of carbonyl (C=O) groups excluding carboxylic acids is 1. The van der Waals surface area contributed by atoms with Crippen LogP contribution >= 0.6 is 23.4 Å². The fraction of sp³-hybridized carbons (Fsp3) is 0.208. The second-order valence-corrected chi connectivity index (χ2v) is 8.59. The fourth-order valence-corrected chi connectivity index (χ4v) is 4.45. The van der Waals surface area contributed by atoms with Crippen molar-refractivity contribution in [1.82, 2.24) is 14.5 Å². The van der Waals surface area contributed by atoms with E-state index in [4.69, 9.17) is 16.0 Å². The molecular weight excluding hydrogens is 446 g/mol. The van der Waals surface area contributed by atoms with Crippen LogP contribution in [0.15, 0.2) is 81.3 Å². The maximum absolute atomic E-state index is 13.2. The van der Waals surface area contributed by atoms with Crippen molar-refractivity contribution in [2.75, 3.05) is 12.3 Å². The summed E-state index contributed by atoms with van der Waals surface area (Å²) in [6, 6.07) is 18.4. The molecule has 0 aliphatic heterocycles. The van der Waals surface area contributed by atoms with Gasteiger partial charge in [-0.2, -0.15) is 0 Å². The predicted octanol–water partition coefficient (Wildman–Crippen LogP) is 4.83. The Morgan fingerprint density at radius 3 is 2.69 bits per heavy atom. The average molecular weight is 468 g/mol. The first-order valence-corrected chi connectivity index (χ1v) is 11.6.